The Morgan fingerprint density at radius 3 is 2.74 bits per heavy atom. The van der Waals surface area contributed by atoms with Crippen molar-refractivity contribution in [1.82, 2.24) is 0 Å². The summed E-state index contributed by atoms with van der Waals surface area (Å²) >= 11 is 7.20. The molecule has 0 aliphatic heterocycles. The third-order valence-corrected chi connectivity index (χ3v) is 6.48. The van der Waals surface area contributed by atoms with Gasteiger partial charge in [0.05, 0.1) is 4.47 Å². The molecule has 0 aromatic heterocycles. The Morgan fingerprint density at radius 1 is 1.32 bits per heavy atom. The van der Waals surface area contributed by atoms with Gasteiger partial charge in [-0.1, -0.05) is 41.9 Å². The van der Waals surface area contributed by atoms with Gasteiger partial charge in [-0.25, -0.2) is 4.39 Å². The molecule has 19 heavy (non-hydrogen) atoms. The van der Waals surface area contributed by atoms with E-state index in [0.29, 0.717) is 15.2 Å². The lowest BCUT2D eigenvalue weighted by Gasteiger charge is -2.35. The molecule has 1 aromatic carbocycles. The molecule has 2 rings (SSSR count). The monoisotopic (exact) mass is 390 g/mol. The molecule has 0 nitrogen and oxygen atoms in total. The summed E-state index contributed by atoms with van der Waals surface area (Å²) < 4.78 is 14.2. The molecule has 1 aliphatic carbocycles. The summed E-state index contributed by atoms with van der Waals surface area (Å²) in [5.41, 5.74) is 1.10. The van der Waals surface area contributed by atoms with Gasteiger partial charge in [-0.15, -0.1) is 0 Å². The minimum atomic E-state index is -0.153. The average molecular weight is 392 g/mol. The molecule has 0 radical (unpaired) electrons. The molecule has 1 saturated carbocycles. The predicted octanol–water partition coefficient (Wildman–Crippen LogP) is 5.97. The van der Waals surface area contributed by atoms with E-state index in [1.807, 2.05) is 6.07 Å². The maximum absolute atomic E-state index is 13.6. The van der Waals surface area contributed by atoms with Crippen LogP contribution < -0.4 is 0 Å². The minimum Gasteiger partial charge on any atom is -0.206 e. The Bertz CT molecular complexity index is 431. The van der Waals surface area contributed by atoms with Gasteiger partial charge in [-0.3, -0.25) is 0 Å². The Kier molecular flexibility index (Phi) is 5.47. The molecule has 106 valence electrons. The normalized spacial score (nSPS) is 27.8. The maximum Gasteiger partial charge on any atom is 0.137 e. The van der Waals surface area contributed by atoms with E-state index < -0.39 is 0 Å². The highest BCUT2D eigenvalue weighted by atomic mass is 79.9. The smallest absolute Gasteiger partial charge is 0.137 e. The van der Waals surface area contributed by atoms with Crippen LogP contribution in [-0.2, 0) is 6.42 Å². The van der Waals surface area contributed by atoms with Crippen LogP contribution in [0.2, 0.25) is 0 Å². The lowest BCUT2D eigenvalue weighted by molar-refractivity contribution is 0.222. The van der Waals surface area contributed by atoms with Gasteiger partial charge < -0.3 is 0 Å². The molecule has 0 heterocycles. The molecule has 1 fully saturated rings. The van der Waals surface area contributed by atoms with Crippen molar-refractivity contribution >= 4 is 31.9 Å². The first kappa shape index (κ1) is 15.5. The van der Waals surface area contributed by atoms with Crippen molar-refractivity contribution < 1.29 is 4.39 Å². The molecule has 1 aliphatic rings. The molecular weight excluding hydrogens is 371 g/mol. The summed E-state index contributed by atoms with van der Waals surface area (Å²) in [5, 5.41) is 0. The van der Waals surface area contributed by atoms with E-state index in [1.54, 1.807) is 6.07 Å². The van der Waals surface area contributed by atoms with E-state index in [2.05, 4.69) is 45.7 Å². The molecule has 0 N–H and O–H groups in total. The highest BCUT2D eigenvalue weighted by Gasteiger charge is 2.30. The first-order valence-electron chi connectivity index (χ1n) is 7.06. The van der Waals surface area contributed by atoms with Gasteiger partial charge in [0.2, 0.25) is 0 Å². The van der Waals surface area contributed by atoms with Crippen LogP contribution in [0.5, 0.6) is 0 Å². The number of hydrogen-bond acceptors (Lipinski definition) is 0. The van der Waals surface area contributed by atoms with E-state index in [9.17, 15) is 4.39 Å². The Morgan fingerprint density at radius 2 is 2.05 bits per heavy atom. The Hall–Kier alpha value is 0.110. The summed E-state index contributed by atoms with van der Waals surface area (Å²) in [6.07, 6.45) is 4.75. The van der Waals surface area contributed by atoms with Crippen molar-refractivity contribution in [2.45, 2.75) is 44.4 Å². The third-order valence-electron chi connectivity index (χ3n) is 4.39. The second kappa shape index (κ2) is 6.71. The van der Waals surface area contributed by atoms with Gasteiger partial charge in [-0.2, -0.15) is 0 Å². The van der Waals surface area contributed by atoms with Crippen LogP contribution in [-0.4, -0.2) is 4.83 Å². The van der Waals surface area contributed by atoms with Crippen LogP contribution in [0.1, 0.15) is 38.7 Å². The SMILES string of the molecule is CC(C)C1CCC(Br)C(Cc2cccc(F)c2Br)C1. The van der Waals surface area contributed by atoms with Crippen LogP contribution in [0.25, 0.3) is 0 Å². The number of benzene rings is 1. The fourth-order valence-corrected chi connectivity index (χ4v) is 4.16. The van der Waals surface area contributed by atoms with Crippen molar-refractivity contribution in [2.24, 2.45) is 17.8 Å². The first-order valence-corrected chi connectivity index (χ1v) is 8.77. The Balaban J connectivity index is 2.10. The molecule has 0 bridgehead atoms. The van der Waals surface area contributed by atoms with E-state index in [1.165, 1.54) is 25.3 Å². The molecule has 3 heteroatoms. The van der Waals surface area contributed by atoms with Crippen molar-refractivity contribution in [3.05, 3.63) is 34.1 Å². The summed E-state index contributed by atoms with van der Waals surface area (Å²) in [4.78, 5) is 0.567. The third kappa shape index (κ3) is 3.81. The summed E-state index contributed by atoms with van der Waals surface area (Å²) in [6.45, 7) is 4.63. The van der Waals surface area contributed by atoms with Crippen LogP contribution in [0.3, 0.4) is 0 Å². The van der Waals surface area contributed by atoms with Crippen LogP contribution >= 0.6 is 31.9 Å². The van der Waals surface area contributed by atoms with Gasteiger partial charge >= 0.3 is 0 Å². The summed E-state index contributed by atoms with van der Waals surface area (Å²) in [5.74, 6) is 2.02. The minimum absolute atomic E-state index is 0.153. The predicted molar refractivity (Wildman–Crippen MR) is 86.2 cm³/mol. The molecule has 0 saturated heterocycles. The van der Waals surface area contributed by atoms with Gasteiger partial charge in [-0.05, 0) is 71.0 Å². The Labute approximate surface area is 132 Å². The van der Waals surface area contributed by atoms with Crippen LogP contribution in [0.4, 0.5) is 4.39 Å². The fraction of sp³-hybridized carbons (Fsp3) is 0.625. The van der Waals surface area contributed by atoms with Crippen molar-refractivity contribution in [3.8, 4) is 0 Å². The van der Waals surface area contributed by atoms with E-state index >= 15 is 0 Å². The molecule has 3 unspecified atom stereocenters. The largest absolute Gasteiger partial charge is 0.206 e. The quantitative estimate of drug-likeness (QED) is 0.557. The summed E-state index contributed by atoms with van der Waals surface area (Å²) in [6, 6.07) is 5.35. The second-order valence-corrected chi connectivity index (χ2v) is 7.98. The van der Waals surface area contributed by atoms with Gasteiger partial charge in [0.25, 0.3) is 0 Å². The highest BCUT2D eigenvalue weighted by Crippen LogP contribution is 2.39. The van der Waals surface area contributed by atoms with Gasteiger partial charge in [0.15, 0.2) is 0 Å². The molecular formula is C16H21Br2F. The zero-order valence-corrected chi connectivity index (χ0v) is 14.7. The van der Waals surface area contributed by atoms with Crippen LogP contribution in [0.15, 0.2) is 22.7 Å². The molecule has 3 atom stereocenters. The topological polar surface area (TPSA) is 0 Å². The van der Waals surface area contributed by atoms with Crippen molar-refractivity contribution in [1.29, 1.82) is 0 Å². The number of halogens is 3. The molecule has 0 spiro atoms. The van der Waals surface area contributed by atoms with Crippen molar-refractivity contribution in [2.75, 3.05) is 0 Å². The second-order valence-electron chi connectivity index (χ2n) is 6.01. The van der Waals surface area contributed by atoms with Crippen molar-refractivity contribution in [3.63, 3.8) is 0 Å². The fourth-order valence-electron chi connectivity index (χ4n) is 3.07. The van der Waals surface area contributed by atoms with Crippen LogP contribution in [0, 0.1) is 23.6 Å². The lowest BCUT2D eigenvalue weighted by atomic mass is 9.74. The molecule has 1 aromatic rings. The number of alkyl halides is 1. The van der Waals surface area contributed by atoms with E-state index in [4.69, 9.17) is 0 Å². The lowest BCUT2D eigenvalue weighted by Crippen LogP contribution is -2.29. The van der Waals surface area contributed by atoms with Gasteiger partial charge in [0, 0.05) is 4.83 Å². The van der Waals surface area contributed by atoms with Gasteiger partial charge in [0.1, 0.15) is 5.82 Å². The summed E-state index contributed by atoms with van der Waals surface area (Å²) in [7, 11) is 0. The zero-order valence-electron chi connectivity index (χ0n) is 11.5. The highest BCUT2D eigenvalue weighted by molar-refractivity contribution is 9.10. The van der Waals surface area contributed by atoms with E-state index in [0.717, 1.165) is 23.8 Å². The standard InChI is InChI=1S/C16H21Br2F/c1-10(2)11-6-7-14(17)13(8-11)9-12-4-3-5-15(19)16(12)18/h3-5,10-11,13-14H,6-9H2,1-2H3. The van der Waals surface area contributed by atoms with E-state index in [-0.39, 0.29) is 5.82 Å². The number of rotatable bonds is 3. The first-order chi connectivity index (χ1) is 8.99. The number of hydrogen-bond donors (Lipinski definition) is 0. The average Bonchev–Trinajstić information content (AvgIpc) is 2.37. The maximum atomic E-state index is 13.6. The zero-order chi connectivity index (χ0) is 14.0. The molecule has 0 amide bonds.